The highest BCUT2D eigenvalue weighted by Crippen LogP contribution is 2.31. The molecule has 0 unspecified atom stereocenters. The zero-order valence-corrected chi connectivity index (χ0v) is 10.3. The van der Waals surface area contributed by atoms with E-state index in [1.54, 1.807) is 0 Å². The number of benzene rings is 2. The molecule has 0 atom stereocenters. The number of anilines is 3. The zero-order chi connectivity index (χ0) is 14.0. The standard InChI is InChI=1S/C13H8ClF2N3/c14-9-2-1-7(6-17)3-11(9)19-12-5-8(15)4-10(16)13(12)18/h1-5,19H,18H2. The fraction of sp³-hybridized carbons (Fsp3) is 0. The number of halogens is 3. The third-order valence-electron chi connectivity index (χ3n) is 2.46. The lowest BCUT2D eigenvalue weighted by atomic mass is 10.2. The maximum Gasteiger partial charge on any atom is 0.151 e. The molecule has 0 aliphatic carbocycles. The molecule has 0 aromatic heterocycles. The number of nitrogens with one attached hydrogen (secondary N) is 1. The van der Waals surface area contributed by atoms with Crippen LogP contribution in [-0.4, -0.2) is 0 Å². The van der Waals surface area contributed by atoms with Crippen LogP contribution in [0.4, 0.5) is 25.8 Å². The van der Waals surface area contributed by atoms with Crippen LogP contribution in [0.15, 0.2) is 30.3 Å². The SMILES string of the molecule is N#Cc1ccc(Cl)c(Nc2cc(F)cc(F)c2N)c1. The monoisotopic (exact) mass is 279 g/mol. The van der Waals surface area contributed by atoms with Gasteiger partial charge in [-0.1, -0.05) is 11.6 Å². The maximum atomic E-state index is 13.3. The van der Waals surface area contributed by atoms with Crippen LogP contribution in [0.25, 0.3) is 0 Å². The van der Waals surface area contributed by atoms with Crippen molar-refractivity contribution < 1.29 is 8.78 Å². The largest absolute Gasteiger partial charge is 0.395 e. The maximum absolute atomic E-state index is 13.3. The molecule has 0 heterocycles. The van der Waals surface area contributed by atoms with Gasteiger partial charge in [-0.15, -0.1) is 0 Å². The third kappa shape index (κ3) is 2.75. The summed E-state index contributed by atoms with van der Waals surface area (Å²) >= 11 is 5.93. The fourth-order valence-electron chi connectivity index (χ4n) is 1.52. The Balaban J connectivity index is 2.44. The minimum absolute atomic E-state index is 0.0505. The van der Waals surface area contributed by atoms with Gasteiger partial charge < -0.3 is 11.1 Å². The molecule has 2 aromatic carbocycles. The first-order valence-corrected chi connectivity index (χ1v) is 5.60. The number of nitrogens with two attached hydrogens (primary N) is 1. The summed E-state index contributed by atoms with van der Waals surface area (Å²) in [6.45, 7) is 0. The number of rotatable bonds is 2. The Morgan fingerprint density at radius 3 is 2.58 bits per heavy atom. The molecule has 0 spiro atoms. The van der Waals surface area contributed by atoms with Crippen molar-refractivity contribution in [3.05, 3.63) is 52.6 Å². The first-order chi connectivity index (χ1) is 9.01. The summed E-state index contributed by atoms with van der Waals surface area (Å²) in [7, 11) is 0. The molecule has 0 saturated carbocycles. The Morgan fingerprint density at radius 2 is 1.89 bits per heavy atom. The lowest BCUT2D eigenvalue weighted by molar-refractivity contribution is 0.587. The summed E-state index contributed by atoms with van der Waals surface area (Å²) in [5.41, 5.74) is 6.04. The first kappa shape index (κ1) is 13.1. The van der Waals surface area contributed by atoms with Crippen molar-refractivity contribution in [1.82, 2.24) is 0 Å². The van der Waals surface area contributed by atoms with Gasteiger partial charge in [-0.05, 0) is 24.3 Å². The highest BCUT2D eigenvalue weighted by atomic mass is 35.5. The quantitative estimate of drug-likeness (QED) is 0.822. The average molecular weight is 280 g/mol. The van der Waals surface area contributed by atoms with Crippen LogP contribution >= 0.6 is 11.6 Å². The second kappa shape index (κ2) is 5.12. The molecule has 0 fully saturated rings. The van der Waals surface area contributed by atoms with Gasteiger partial charge in [0.1, 0.15) is 5.82 Å². The van der Waals surface area contributed by atoms with Gasteiger partial charge in [-0.25, -0.2) is 8.78 Å². The number of nitriles is 1. The summed E-state index contributed by atoms with van der Waals surface area (Å²) < 4.78 is 26.4. The molecule has 19 heavy (non-hydrogen) atoms. The second-order valence-electron chi connectivity index (χ2n) is 3.78. The van der Waals surface area contributed by atoms with Crippen LogP contribution in [0, 0.1) is 23.0 Å². The fourth-order valence-corrected chi connectivity index (χ4v) is 1.69. The normalized spacial score (nSPS) is 10.0. The number of hydrogen-bond donors (Lipinski definition) is 2. The number of hydrogen-bond acceptors (Lipinski definition) is 3. The van der Waals surface area contributed by atoms with Gasteiger partial charge in [-0.2, -0.15) is 5.26 Å². The van der Waals surface area contributed by atoms with E-state index in [0.29, 0.717) is 22.3 Å². The molecule has 0 aliphatic heterocycles. The molecule has 3 nitrogen and oxygen atoms in total. The van der Waals surface area contributed by atoms with Crippen LogP contribution < -0.4 is 11.1 Å². The molecule has 96 valence electrons. The summed E-state index contributed by atoms with van der Waals surface area (Å²) in [5, 5.41) is 11.8. The highest BCUT2D eigenvalue weighted by molar-refractivity contribution is 6.33. The number of nitrogen functional groups attached to an aromatic ring is 1. The van der Waals surface area contributed by atoms with Gasteiger partial charge in [-0.3, -0.25) is 0 Å². The minimum Gasteiger partial charge on any atom is -0.395 e. The lowest BCUT2D eigenvalue weighted by Gasteiger charge is -2.11. The van der Waals surface area contributed by atoms with Crippen molar-refractivity contribution in [2.75, 3.05) is 11.1 Å². The van der Waals surface area contributed by atoms with Gasteiger partial charge in [0.25, 0.3) is 0 Å². The van der Waals surface area contributed by atoms with Gasteiger partial charge in [0.15, 0.2) is 5.82 Å². The Bertz CT molecular complexity index is 680. The average Bonchev–Trinajstić information content (AvgIpc) is 2.38. The zero-order valence-electron chi connectivity index (χ0n) is 9.55. The molecule has 0 saturated heterocycles. The Morgan fingerprint density at radius 1 is 1.16 bits per heavy atom. The van der Waals surface area contributed by atoms with Crippen LogP contribution in [-0.2, 0) is 0 Å². The molecule has 2 rings (SSSR count). The summed E-state index contributed by atoms with van der Waals surface area (Å²) in [4.78, 5) is 0. The molecular weight excluding hydrogens is 272 g/mol. The number of nitrogens with zero attached hydrogens (tertiary/aromatic N) is 1. The molecule has 0 amide bonds. The summed E-state index contributed by atoms with van der Waals surface area (Å²) in [5.74, 6) is -1.63. The summed E-state index contributed by atoms with van der Waals surface area (Å²) in [6.07, 6.45) is 0. The molecule has 0 bridgehead atoms. The van der Waals surface area contributed by atoms with E-state index in [9.17, 15) is 8.78 Å². The van der Waals surface area contributed by atoms with Gasteiger partial charge in [0.05, 0.1) is 33.7 Å². The Kier molecular flexibility index (Phi) is 3.54. The lowest BCUT2D eigenvalue weighted by Crippen LogP contribution is -2.01. The van der Waals surface area contributed by atoms with Crippen LogP contribution in [0.5, 0.6) is 0 Å². The van der Waals surface area contributed by atoms with Gasteiger partial charge in [0, 0.05) is 6.07 Å². The van der Waals surface area contributed by atoms with Crippen LogP contribution in [0.3, 0.4) is 0 Å². The van der Waals surface area contributed by atoms with Crippen molar-refractivity contribution in [3.8, 4) is 6.07 Å². The van der Waals surface area contributed by atoms with Crippen molar-refractivity contribution >= 4 is 28.7 Å². The van der Waals surface area contributed by atoms with E-state index < -0.39 is 11.6 Å². The van der Waals surface area contributed by atoms with Gasteiger partial charge >= 0.3 is 0 Å². The van der Waals surface area contributed by atoms with Crippen molar-refractivity contribution in [3.63, 3.8) is 0 Å². The minimum atomic E-state index is -0.866. The smallest absolute Gasteiger partial charge is 0.151 e. The molecule has 6 heteroatoms. The van der Waals surface area contributed by atoms with E-state index >= 15 is 0 Å². The van der Waals surface area contributed by atoms with E-state index in [-0.39, 0.29) is 11.4 Å². The summed E-state index contributed by atoms with van der Waals surface area (Å²) in [6, 6.07) is 8.18. The Hall–Kier alpha value is -2.32. The molecule has 2 aromatic rings. The Labute approximate surface area is 113 Å². The van der Waals surface area contributed by atoms with Gasteiger partial charge in [0.2, 0.25) is 0 Å². The second-order valence-corrected chi connectivity index (χ2v) is 4.19. The third-order valence-corrected chi connectivity index (χ3v) is 2.79. The highest BCUT2D eigenvalue weighted by Gasteiger charge is 2.10. The van der Waals surface area contributed by atoms with Crippen LogP contribution in [0.2, 0.25) is 5.02 Å². The molecule has 0 aliphatic rings. The molecule has 0 radical (unpaired) electrons. The van der Waals surface area contributed by atoms with E-state index in [0.717, 1.165) is 6.07 Å². The van der Waals surface area contributed by atoms with Crippen LogP contribution in [0.1, 0.15) is 5.56 Å². The molecular formula is C13H8ClF2N3. The van der Waals surface area contributed by atoms with Crippen molar-refractivity contribution in [2.45, 2.75) is 0 Å². The van der Waals surface area contributed by atoms with Crippen molar-refractivity contribution in [1.29, 1.82) is 5.26 Å². The predicted octanol–water partition coefficient (Wildman–Crippen LogP) is 3.82. The van der Waals surface area contributed by atoms with E-state index in [4.69, 9.17) is 22.6 Å². The first-order valence-electron chi connectivity index (χ1n) is 5.22. The van der Waals surface area contributed by atoms with Crippen molar-refractivity contribution in [2.24, 2.45) is 0 Å². The van der Waals surface area contributed by atoms with E-state index in [2.05, 4.69) is 5.32 Å². The molecule has 3 N–H and O–H groups in total. The predicted molar refractivity (Wildman–Crippen MR) is 70.2 cm³/mol. The van der Waals surface area contributed by atoms with E-state index in [1.165, 1.54) is 18.2 Å². The van der Waals surface area contributed by atoms with E-state index in [1.807, 2.05) is 6.07 Å². The topological polar surface area (TPSA) is 61.8 Å².